The molecule has 11 heteroatoms. The first-order valence-corrected chi connectivity index (χ1v) is 12.8. The van der Waals surface area contributed by atoms with Crippen molar-refractivity contribution in [1.82, 2.24) is 9.03 Å². The van der Waals surface area contributed by atoms with Gasteiger partial charge in [-0.2, -0.15) is 4.31 Å². The minimum absolute atomic E-state index is 0.0159. The maximum Gasteiger partial charge on any atom is 0.243 e. The first-order valence-electron chi connectivity index (χ1n) is 9.87. The predicted molar refractivity (Wildman–Crippen MR) is 112 cm³/mol. The molecule has 0 amide bonds. The van der Waals surface area contributed by atoms with E-state index in [4.69, 9.17) is 14.2 Å². The zero-order chi connectivity index (χ0) is 22.1. The first-order chi connectivity index (χ1) is 14.8. The second kappa shape index (κ2) is 8.75. The molecule has 0 spiro atoms. The monoisotopic (exact) mass is 468 g/mol. The summed E-state index contributed by atoms with van der Waals surface area (Å²) < 4.78 is 71.3. The van der Waals surface area contributed by atoms with Gasteiger partial charge in [-0.3, -0.25) is 0 Å². The highest BCUT2D eigenvalue weighted by atomic mass is 32.2. The van der Waals surface area contributed by atoms with Crippen LogP contribution in [-0.4, -0.2) is 60.7 Å². The van der Waals surface area contributed by atoms with Gasteiger partial charge in [0.2, 0.25) is 20.0 Å². The molecule has 2 heterocycles. The zero-order valence-corrected chi connectivity index (χ0v) is 18.6. The molecule has 0 aromatic heterocycles. The van der Waals surface area contributed by atoms with Gasteiger partial charge in [0.05, 0.1) is 23.0 Å². The van der Waals surface area contributed by atoms with Crippen LogP contribution >= 0.6 is 0 Å². The van der Waals surface area contributed by atoms with Crippen LogP contribution in [0.4, 0.5) is 0 Å². The molecule has 2 aliphatic heterocycles. The Morgan fingerprint density at radius 3 is 2.13 bits per heavy atom. The second-order valence-electron chi connectivity index (χ2n) is 7.23. The van der Waals surface area contributed by atoms with Crippen molar-refractivity contribution in [2.75, 3.05) is 39.5 Å². The van der Waals surface area contributed by atoms with E-state index in [9.17, 15) is 16.8 Å². The second-order valence-corrected chi connectivity index (χ2v) is 10.9. The van der Waals surface area contributed by atoms with E-state index in [1.165, 1.54) is 28.6 Å². The van der Waals surface area contributed by atoms with Gasteiger partial charge in [0.15, 0.2) is 11.5 Å². The zero-order valence-electron chi connectivity index (χ0n) is 17.0. The lowest BCUT2D eigenvalue weighted by molar-refractivity contribution is 0.0730. The minimum atomic E-state index is -3.87. The van der Waals surface area contributed by atoms with Crippen LogP contribution in [0.1, 0.15) is 18.5 Å². The normalized spacial score (nSPS) is 18.5. The molecule has 1 N–H and O–H groups in total. The molecule has 1 fully saturated rings. The summed E-state index contributed by atoms with van der Waals surface area (Å²) in [6.45, 7) is 3.87. The Labute approximate surface area is 182 Å². The largest absolute Gasteiger partial charge is 0.486 e. The molecule has 2 aliphatic rings. The maximum absolute atomic E-state index is 12.8. The molecule has 31 heavy (non-hydrogen) atoms. The predicted octanol–water partition coefficient (Wildman–Crippen LogP) is 1.52. The quantitative estimate of drug-likeness (QED) is 0.684. The molecule has 1 saturated heterocycles. The molecule has 1 atom stereocenters. The van der Waals surface area contributed by atoms with Crippen LogP contribution in [0.25, 0.3) is 0 Å². The van der Waals surface area contributed by atoms with E-state index >= 15 is 0 Å². The molecule has 0 aliphatic carbocycles. The molecule has 168 valence electrons. The summed E-state index contributed by atoms with van der Waals surface area (Å²) >= 11 is 0. The number of benzene rings is 2. The Kier molecular flexibility index (Phi) is 6.22. The number of nitrogens with zero attached hydrogens (tertiary/aromatic N) is 1. The lowest BCUT2D eigenvalue weighted by atomic mass is 10.1. The number of rotatable bonds is 6. The molecular weight excluding hydrogens is 444 g/mol. The van der Waals surface area contributed by atoms with E-state index in [1.54, 1.807) is 25.1 Å². The van der Waals surface area contributed by atoms with E-state index < -0.39 is 26.1 Å². The lowest BCUT2D eigenvalue weighted by Gasteiger charge is -2.26. The van der Waals surface area contributed by atoms with E-state index in [0.717, 1.165) is 5.56 Å². The summed E-state index contributed by atoms with van der Waals surface area (Å²) in [5, 5.41) is 0. The van der Waals surface area contributed by atoms with Gasteiger partial charge in [-0.05, 0) is 48.9 Å². The van der Waals surface area contributed by atoms with Crippen LogP contribution in [0.5, 0.6) is 11.5 Å². The van der Waals surface area contributed by atoms with Gasteiger partial charge in [-0.1, -0.05) is 6.07 Å². The molecule has 4 rings (SSSR count). The summed E-state index contributed by atoms with van der Waals surface area (Å²) in [5.74, 6) is 1.20. The van der Waals surface area contributed by atoms with Crippen LogP contribution in [-0.2, 0) is 24.8 Å². The number of sulfonamides is 2. The van der Waals surface area contributed by atoms with Gasteiger partial charge < -0.3 is 14.2 Å². The third-order valence-corrected chi connectivity index (χ3v) is 8.61. The number of morpholine rings is 1. The lowest BCUT2D eigenvalue weighted by Crippen LogP contribution is -2.40. The van der Waals surface area contributed by atoms with Crippen molar-refractivity contribution >= 4 is 20.0 Å². The Balaban J connectivity index is 1.49. The van der Waals surface area contributed by atoms with Crippen molar-refractivity contribution in [2.45, 2.75) is 22.8 Å². The number of nitrogens with one attached hydrogen (secondary N) is 1. The van der Waals surface area contributed by atoms with Crippen molar-refractivity contribution in [3.8, 4) is 11.5 Å². The highest BCUT2D eigenvalue weighted by Gasteiger charge is 2.27. The topological polar surface area (TPSA) is 111 Å². The molecule has 0 bridgehead atoms. The number of fused-ring (bicyclic) bond motifs is 1. The number of hydrogen-bond donors (Lipinski definition) is 1. The highest BCUT2D eigenvalue weighted by molar-refractivity contribution is 7.89. The van der Waals surface area contributed by atoms with Crippen LogP contribution < -0.4 is 14.2 Å². The van der Waals surface area contributed by atoms with Crippen LogP contribution in [0.15, 0.2) is 52.3 Å². The fourth-order valence-corrected chi connectivity index (χ4v) is 6.06. The minimum Gasteiger partial charge on any atom is -0.486 e. The third kappa shape index (κ3) is 4.70. The Morgan fingerprint density at radius 2 is 1.45 bits per heavy atom. The molecule has 0 radical (unpaired) electrons. The number of ether oxygens (including phenoxy) is 3. The summed E-state index contributed by atoms with van der Waals surface area (Å²) in [6, 6.07) is 9.97. The van der Waals surface area contributed by atoms with E-state index in [-0.39, 0.29) is 22.9 Å². The van der Waals surface area contributed by atoms with E-state index in [0.29, 0.717) is 37.9 Å². The van der Waals surface area contributed by atoms with Crippen molar-refractivity contribution in [3.63, 3.8) is 0 Å². The van der Waals surface area contributed by atoms with Crippen LogP contribution in [0, 0.1) is 0 Å². The standard InChI is InChI=1S/C20H24N2O7S2/c1-15(16-2-7-19-20(14-16)29-13-12-28-19)21-30(23,24)17-3-5-18(6-4-17)31(25,26)22-8-10-27-11-9-22/h2-7,14-15,21H,8-13H2,1H3/t15-/m0/s1. The Hall–Kier alpha value is -2.18. The molecule has 2 aromatic carbocycles. The summed E-state index contributed by atoms with van der Waals surface area (Å²) in [5.41, 5.74) is 0.722. The molecule has 9 nitrogen and oxygen atoms in total. The van der Waals surface area contributed by atoms with Gasteiger partial charge in [0.25, 0.3) is 0 Å². The maximum atomic E-state index is 12.8. The summed E-state index contributed by atoms with van der Waals surface area (Å²) in [7, 11) is -7.55. The van der Waals surface area contributed by atoms with Gasteiger partial charge in [0, 0.05) is 19.1 Å². The molecule has 0 unspecified atom stereocenters. The van der Waals surface area contributed by atoms with Crippen molar-refractivity contribution in [2.24, 2.45) is 0 Å². The average Bonchev–Trinajstić information content (AvgIpc) is 2.79. The van der Waals surface area contributed by atoms with Gasteiger partial charge >= 0.3 is 0 Å². The number of hydrogen-bond acceptors (Lipinski definition) is 7. The van der Waals surface area contributed by atoms with Gasteiger partial charge in [-0.25, -0.2) is 21.6 Å². The highest BCUT2D eigenvalue weighted by Crippen LogP contribution is 2.33. The molecule has 0 saturated carbocycles. The molecule has 2 aromatic rings. The Bertz CT molecular complexity index is 1140. The fourth-order valence-electron chi connectivity index (χ4n) is 3.42. The SMILES string of the molecule is C[C@H](NS(=O)(=O)c1ccc(S(=O)(=O)N2CCOCC2)cc1)c1ccc2c(c1)OCCO2. The smallest absolute Gasteiger partial charge is 0.243 e. The summed E-state index contributed by atoms with van der Waals surface area (Å²) in [4.78, 5) is 0.0334. The Morgan fingerprint density at radius 1 is 0.839 bits per heavy atom. The fraction of sp³-hybridized carbons (Fsp3) is 0.400. The third-order valence-electron chi connectivity index (χ3n) is 5.14. The van der Waals surface area contributed by atoms with E-state index in [2.05, 4.69) is 4.72 Å². The van der Waals surface area contributed by atoms with Gasteiger partial charge in [-0.15, -0.1) is 0 Å². The summed E-state index contributed by atoms with van der Waals surface area (Å²) in [6.07, 6.45) is 0. The first kappa shape index (κ1) is 22.0. The van der Waals surface area contributed by atoms with Crippen molar-refractivity contribution < 1.29 is 31.0 Å². The average molecular weight is 469 g/mol. The van der Waals surface area contributed by atoms with Crippen molar-refractivity contribution in [3.05, 3.63) is 48.0 Å². The van der Waals surface area contributed by atoms with Crippen molar-refractivity contribution in [1.29, 1.82) is 0 Å². The molecular formula is C20H24N2O7S2. The van der Waals surface area contributed by atoms with Crippen LogP contribution in [0.2, 0.25) is 0 Å². The van der Waals surface area contributed by atoms with Crippen LogP contribution in [0.3, 0.4) is 0 Å². The van der Waals surface area contributed by atoms with Gasteiger partial charge in [0.1, 0.15) is 13.2 Å². The van der Waals surface area contributed by atoms with E-state index in [1.807, 2.05) is 0 Å².